The van der Waals surface area contributed by atoms with Gasteiger partial charge in [0.2, 0.25) is 0 Å². The lowest BCUT2D eigenvalue weighted by Gasteiger charge is -2.24. The maximum atomic E-state index is 4.46. The summed E-state index contributed by atoms with van der Waals surface area (Å²) in [6.45, 7) is 9.67. The number of anilines is 1. The lowest BCUT2D eigenvalue weighted by atomic mass is 9.93. The minimum atomic E-state index is 0.389. The van der Waals surface area contributed by atoms with Crippen LogP contribution < -0.4 is 10.2 Å². The Bertz CT molecular complexity index is 595. The highest BCUT2D eigenvalue weighted by atomic mass is 15.3. The molecule has 1 fully saturated rings. The Labute approximate surface area is 139 Å². The Kier molecular flexibility index (Phi) is 4.60. The minimum Gasteiger partial charge on any atom is -0.364 e. The number of nitrogens with one attached hydrogen (secondary N) is 1. The smallest absolute Gasteiger partial charge is 0.193 e. The van der Waals surface area contributed by atoms with E-state index in [1.165, 1.54) is 17.7 Å². The van der Waals surface area contributed by atoms with Gasteiger partial charge in [0.15, 0.2) is 5.96 Å². The molecule has 0 amide bonds. The molecule has 1 N–H and O–H groups in total. The van der Waals surface area contributed by atoms with E-state index in [9.17, 15) is 0 Å². The zero-order chi connectivity index (χ0) is 16.3. The van der Waals surface area contributed by atoms with Gasteiger partial charge in [-0.05, 0) is 29.5 Å². The summed E-state index contributed by atoms with van der Waals surface area (Å²) in [5, 5.41) is 3.53. The summed E-state index contributed by atoms with van der Waals surface area (Å²) in [5.74, 6) is 1.02. The Balaban J connectivity index is 1.60. The Morgan fingerprint density at radius 3 is 2.70 bits per heavy atom. The third-order valence-electron chi connectivity index (χ3n) is 4.73. The first-order valence-electron chi connectivity index (χ1n) is 8.52. The van der Waals surface area contributed by atoms with Crippen LogP contribution in [-0.2, 0) is 6.54 Å². The summed E-state index contributed by atoms with van der Waals surface area (Å²) >= 11 is 0. The normalized spacial score (nSPS) is 20.4. The van der Waals surface area contributed by atoms with Gasteiger partial charge in [-0.2, -0.15) is 0 Å². The van der Waals surface area contributed by atoms with Gasteiger partial charge in [-0.3, -0.25) is 4.99 Å². The molecule has 1 aromatic carbocycles. The van der Waals surface area contributed by atoms with E-state index < -0.39 is 0 Å². The van der Waals surface area contributed by atoms with Crippen LogP contribution in [0.15, 0.2) is 41.4 Å². The van der Waals surface area contributed by atoms with E-state index in [2.05, 4.69) is 70.4 Å². The largest absolute Gasteiger partial charge is 0.364 e. The van der Waals surface area contributed by atoms with Crippen LogP contribution in [0, 0.1) is 5.41 Å². The van der Waals surface area contributed by atoms with E-state index in [1.807, 2.05) is 7.05 Å². The Morgan fingerprint density at radius 2 is 2.04 bits per heavy atom. The van der Waals surface area contributed by atoms with Crippen molar-refractivity contribution in [1.82, 2.24) is 10.2 Å². The number of rotatable bonds is 3. The van der Waals surface area contributed by atoms with Crippen molar-refractivity contribution in [3.8, 4) is 0 Å². The first-order chi connectivity index (χ1) is 11.1. The van der Waals surface area contributed by atoms with Crippen molar-refractivity contribution in [1.29, 1.82) is 0 Å². The van der Waals surface area contributed by atoms with Gasteiger partial charge >= 0.3 is 0 Å². The maximum absolute atomic E-state index is 4.46. The van der Waals surface area contributed by atoms with Crippen LogP contribution in [0.25, 0.3) is 0 Å². The van der Waals surface area contributed by atoms with Gasteiger partial charge in [0.05, 0.1) is 0 Å². The van der Waals surface area contributed by atoms with Crippen molar-refractivity contribution in [2.75, 3.05) is 38.1 Å². The maximum Gasteiger partial charge on any atom is 0.193 e. The highest BCUT2D eigenvalue weighted by Gasteiger charge is 2.30. The molecule has 4 nitrogen and oxygen atoms in total. The fourth-order valence-corrected chi connectivity index (χ4v) is 3.36. The standard InChI is InChI=1S/C19H28N4/c1-19(2)9-12-23(15-19)18(20-3)21-14-16-7-6-8-17(13-16)22-10-4-5-11-22/h4-8,13H,9-12,14-15H2,1-3H3,(H,20,21). The molecule has 3 rings (SSSR count). The first-order valence-corrected chi connectivity index (χ1v) is 8.52. The number of guanidine groups is 1. The average Bonchev–Trinajstić information content (AvgIpc) is 3.18. The number of aliphatic imine (C=N–C) groups is 1. The summed E-state index contributed by atoms with van der Waals surface area (Å²) in [4.78, 5) is 9.21. The van der Waals surface area contributed by atoms with Gasteiger partial charge in [0.1, 0.15) is 0 Å². The van der Waals surface area contributed by atoms with E-state index in [0.717, 1.165) is 38.7 Å². The first kappa shape index (κ1) is 15.9. The molecule has 23 heavy (non-hydrogen) atoms. The monoisotopic (exact) mass is 312 g/mol. The van der Waals surface area contributed by atoms with Gasteiger partial charge < -0.3 is 15.1 Å². The van der Waals surface area contributed by atoms with Crippen LogP contribution in [0.5, 0.6) is 0 Å². The fraction of sp³-hybridized carbons (Fsp3) is 0.526. The molecule has 0 radical (unpaired) electrons. The average molecular weight is 312 g/mol. The minimum absolute atomic E-state index is 0.389. The molecule has 0 unspecified atom stereocenters. The van der Waals surface area contributed by atoms with Crippen LogP contribution in [0.1, 0.15) is 25.8 Å². The highest BCUT2D eigenvalue weighted by Crippen LogP contribution is 2.28. The van der Waals surface area contributed by atoms with Gasteiger partial charge in [0.25, 0.3) is 0 Å². The molecule has 0 bridgehead atoms. The lowest BCUT2D eigenvalue weighted by molar-refractivity contribution is 0.370. The van der Waals surface area contributed by atoms with Crippen molar-refractivity contribution < 1.29 is 0 Å². The van der Waals surface area contributed by atoms with E-state index in [4.69, 9.17) is 0 Å². The SMILES string of the molecule is CN=C(NCc1cccc(N2CC=CC2)c1)N1CCC(C)(C)C1. The third kappa shape index (κ3) is 3.87. The molecule has 2 aliphatic heterocycles. The number of benzene rings is 1. The van der Waals surface area contributed by atoms with E-state index in [-0.39, 0.29) is 0 Å². The summed E-state index contributed by atoms with van der Waals surface area (Å²) in [6.07, 6.45) is 5.68. The molecular weight excluding hydrogens is 284 g/mol. The van der Waals surface area contributed by atoms with Crippen LogP contribution in [0.2, 0.25) is 0 Å². The zero-order valence-electron chi connectivity index (χ0n) is 14.5. The molecular formula is C19H28N4. The predicted octanol–water partition coefficient (Wildman–Crippen LogP) is 2.87. The van der Waals surface area contributed by atoms with Crippen LogP contribution >= 0.6 is 0 Å². The quantitative estimate of drug-likeness (QED) is 0.529. The Hall–Kier alpha value is -1.97. The molecule has 0 atom stereocenters. The molecule has 2 heterocycles. The molecule has 2 aliphatic rings. The van der Waals surface area contributed by atoms with Crippen molar-refractivity contribution in [3.63, 3.8) is 0 Å². The second-order valence-corrected chi connectivity index (χ2v) is 7.28. The van der Waals surface area contributed by atoms with E-state index in [1.54, 1.807) is 0 Å². The molecule has 0 aliphatic carbocycles. The van der Waals surface area contributed by atoms with Gasteiger partial charge in [-0.15, -0.1) is 0 Å². The van der Waals surface area contributed by atoms with Crippen molar-refractivity contribution in [2.45, 2.75) is 26.8 Å². The molecule has 0 saturated carbocycles. The number of hydrogen-bond acceptors (Lipinski definition) is 2. The predicted molar refractivity (Wildman–Crippen MR) is 98.0 cm³/mol. The van der Waals surface area contributed by atoms with Crippen molar-refractivity contribution in [3.05, 3.63) is 42.0 Å². The third-order valence-corrected chi connectivity index (χ3v) is 4.73. The summed E-state index contributed by atoms with van der Waals surface area (Å²) in [6, 6.07) is 8.79. The van der Waals surface area contributed by atoms with E-state index in [0.29, 0.717) is 5.41 Å². The highest BCUT2D eigenvalue weighted by molar-refractivity contribution is 5.80. The second-order valence-electron chi connectivity index (χ2n) is 7.28. The van der Waals surface area contributed by atoms with Crippen molar-refractivity contribution in [2.24, 2.45) is 10.4 Å². The van der Waals surface area contributed by atoms with Gasteiger partial charge in [0, 0.05) is 45.5 Å². The zero-order valence-corrected chi connectivity index (χ0v) is 14.5. The second kappa shape index (κ2) is 6.65. The fourth-order valence-electron chi connectivity index (χ4n) is 3.36. The number of nitrogens with zero attached hydrogens (tertiary/aromatic N) is 3. The van der Waals surface area contributed by atoms with Crippen LogP contribution in [-0.4, -0.2) is 44.1 Å². The summed E-state index contributed by atoms with van der Waals surface area (Å²) in [5.41, 5.74) is 2.99. The Morgan fingerprint density at radius 1 is 1.26 bits per heavy atom. The molecule has 4 heteroatoms. The van der Waals surface area contributed by atoms with Crippen LogP contribution in [0.4, 0.5) is 5.69 Å². The lowest BCUT2D eigenvalue weighted by Crippen LogP contribution is -2.40. The topological polar surface area (TPSA) is 30.9 Å². The number of likely N-dealkylation sites (tertiary alicyclic amines) is 1. The van der Waals surface area contributed by atoms with Gasteiger partial charge in [-0.25, -0.2) is 0 Å². The van der Waals surface area contributed by atoms with Gasteiger partial charge in [-0.1, -0.05) is 38.1 Å². The van der Waals surface area contributed by atoms with E-state index >= 15 is 0 Å². The molecule has 0 spiro atoms. The molecule has 1 saturated heterocycles. The van der Waals surface area contributed by atoms with Crippen LogP contribution in [0.3, 0.4) is 0 Å². The summed E-state index contributed by atoms with van der Waals surface area (Å²) in [7, 11) is 1.87. The molecule has 0 aromatic heterocycles. The number of hydrogen-bond donors (Lipinski definition) is 1. The molecule has 124 valence electrons. The molecule has 1 aromatic rings. The van der Waals surface area contributed by atoms with Crippen molar-refractivity contribution >= 4 is 11.6 Å². The summed E-state index contributed by atoms with van der Waals surface area (Å²) < 4.78 is 0.